The molecule has 4 rings (SSSR count). The highest BCUT2D eigenvalue weighted by molar-refractivity contribution is 6.02. The van der Waals surface area contributed by atoms with Crippen molar-refractivity contribution in [2.24, 2.45) is 0 Å². The number of rotatable bonds is 9. The van der Waals surface area contributed by atoms with Crippen molar-refractivity contribution in [3.05, 3.63) is 76.9 Å². The van der Waals surface area contributed by atoms with Crippen LogP contribution in [0.2, 0.25) is 0 Å². The Bertz CT molecular complexity index is 1180. The molecule has 2 heterocycles. The molecular weight excluding hydrogens is 452 g/mol. The van der Waals surface area contributed by atoms with Gasteiger partial charge in [0.2, 0.25) is 5.88 Å². The molecule has 36 heavy (non-hydrogen) atoms. The van der Waals surface area contributed by atoms with E-state index in [2.05, 4.69) is 81.7 Å². The minimum Gasteiger partial charge on any atom is -0.474 e. The van der Waals surface area contributed by atoms with Gasteiger partial charge < -0.3 is 20.5 Å². The summed E-state index contributed by atoms with van der Waals surface area (Å²) in [6.07, 6.45) is 2.27. The van der Waals surface area contributed by atoms with Gasteiger partial charge in [0, 0.05) is 0 Å². The van der Waals surface area contributed by atoms with Crippen LogP contribution in [-0.2, 0) is 11.1 Å². The molecule has 0 saturated carbocycles. The van der Waals surface area contributed by atoms with Gasteiger partial charge in [0.05, 0.1) is 23.7 Å². The SMILES string of the molecule is CCC(CC)(NC(=O)c1c(OCCO)nn2c1NC(c1ccccc1)CC2(C)C)c1ccc(C)cc1. The quantitative estimate of drug-likeness (QED) is 0.379. The summed E-state index contributed by atoms with van der Waals surface area (Å²) in [5.74, 6) is 0.622. The average Bonchev–Trinajstić information content (AvgIpc) is 3.26. The lowest BCUT2D eigenvalue weighted by atomic mass is 9.84. The van der Waals surface area contributed by atoms with Crippen LogP contribution in [0.15, 0.2) is 54.6 Å². The lowest BCUT2D eigenvalue weighted by Crippen LogP contribution is -2.45. The van der Waals surface area contributed by atoms with E-state index in [1.807, 2.05) is 22.9 Å². The monoisotopic (exact) mass is 490 g/mol. The minimum atomic E-state index is -0.531. The zero-order valence-electron chi connectivity index (χ0n) is 22.0. The molecule has 0 saturated heterocycles. The second kappa shape index (κ2) is 10.3. The average molecular weight is 491 g/mol. The summed E-state index contributed by atoms with van der Waals surface area (Å²) in [7, 11) is 0. The summed E-state index contributed by atoms with van der Waals surface area (Å²) in [6, 6.07) is 18.6. The number of amides is 1. The van der Waals surface area contributed by atoms with Crippen LogP contribution in [0.1, 0.15) is 80.0 Å². The Morgan fingerprint density at radius 3 is 2.44 bits per heavy atom. The number of nitrogens with zero attached hydrogens (tertiary/aromatic N) is 2. The molecule has 0 spiro atoms. The summed E-state index contributed by atoms with van der Waals surface area (Å²) in [5, 5.41) is 21.1. The molecule has 0 radical (unpaired) electrons. The number of aliphatic hydroxyl groups is 1. The van der Waals surface area contributed by atoms with Crippen molar-refractivity contribution in [2.45, 2.75) is 71.0 Å². The third-order valence-corrected chi connectivity index (χ3v) is 7.36. The molecular formula is C29H38N4O3. The molecule has 3 N–H and O–H groups in total. The van der Waals surface area contributed by atoms with E-state index in [1.54, 1.807) is 0 Å². The molecule has 192 valence electrons. The molecule has 2 aromatic carbocycles. The molecule has 1 aliphatic heterocycles. The summed E-state index contributed by atoms with van der Waals surface area (Å²) < 4.78 is 7.68. The van der Waals surface area contributed by atoms with Crippen molar-refractivity contribution in [3.63, 3.8) is 0 Å². The zero-order chi connectivity index (χ0) is 25.9. The number of aromatic nitrogens is 2. The van der Waals surface area contributed by atoms with Gasteiger partial charge >= 0.3 is 0 Å². The van der Waals surface area contributed by atoms with E-state index in [4.69, 9.17) is 9.84 Å². The Hall–Kier alpha value is -3.32. The summed E-state index contributed by atoms with van der Waals surface area (Å²) in [4.78, 5) is 14.0. The van der Waals surface area contributed by atoms with Gasteiger partial charge in [0.1, 0.15) is 18.0 Å². The number of hydrogen-bond donors (Lipinski definition) is 3. The fourth-order valence-electron chi connectivity index (χ4n) is 5.17. The number of carbonyl (C=O) groups excluding carboxylic acids is 1. The first-order chi connectivity index (χ1) is 17.2. The van der Waals surface area contributed by atoms with E-state index in [1.165, 1.54) is 5.56 Å². The Morgan fingerprint density at radius 2 is 1.83 bits per heavy atom. The van der Waals surface area contributed by atoms with Crippen LogP contribution >= 0.6 is 0 Å². The maximum absolute atomic E-state index is 14.0. The van der Waals surface area contributed by atoms with E-state index >= 15 is 0 Å². The van der Waals surface area contributed by atoms with E-state index in [-0.39, 0.29) is 36.6 Å². The number of hydrogen-bond acceptors (Lipinski definition) is 5. The Morgan fingerprint density at radius 1 is 1.17 bits per heavy atom. The van der Waals surface area contributed by atoms with E-state index < -0.39 is 5.54 Å². The first-order valence-electron chi connectivity index (χ1n) is 12.8. The van der Waals surface area contributed by atoms with Gasteiger partial charge in [-0.25, -0.2) is 4.68 Å². The molecule has 1 aliphatic rings. The van der Waals surface area contributed by atoms with Crippen molar-refractivity contribution < 1.29 is 14.6 Å². The van der Waals surface area contributed by atoms with Crippen LogP contribution in [0.5, 0.6) is 5.88 Å². The molecule has 3 aromatic rings. The van der Waals surface area contributed by atoms with Crippen LogP contribution in [0.3, 0.4) is 0 Å². The number of nitrogens with one attached hydrogen (secondary N) is 2. The van der Waals surface area contributed by atoms with E-state index in [9.17, 15) is 9.90 Å². The van der Waals surface area contributed by atoms with Crippen molar-refractivity contribution >= 4 is 11.7 Å². The highest BCUT2D eigenvalue weighted by Gasteiger charge is 2.41. The van der Waals surface area contributed by atoms with Gasteiger partial charge in [-0.1, -0.05) is 74.0 Å². The third-order valence-electron chi connectivity index (χ3n) is 7.36. The van der Waals surface area contributed by atoms with Crippen molar-refractivity contribution in [2.75, 3.05) is 18.5 Å². The van der Waals surface area contributed by atoms with Crippen molar-refractivity contribution in [1.29, 1.82) is 0 Å². The third kappa shape index (κ3) is 4.85. The molecule has 0 fully saturated rings. The number of ether oxygens (including phenoxy) is 1. The smallest absolute Gasteiger partial charge is 0.261 e. The first kappa shape index (κ1) is 25.8. The lowest BCUT2D eigenvalue weighted by molar-refractivity contribution is 0.0884. The van der Waals surface area contributed by atoms with Crippen molar-refractivity contribution in [3.8, 4) is 5.88 Å². The number of aliphatic hydroxyl groups excluding tert-OH is 1. The predicted molar refractivity (Wildman–Crippen MR) is 142 cm³/mol. The summed E-state index contributed by atoms with van der Waals surface area (Å²) in [5.41, 5.74) is 2.88. The summed E-state index contributed by atoms with van der Waals surface area (Å²) in [6.45, 7) is 10.4. The van der Waals surface area contributed by atoms with Crippen LogP contribution in [0, 0.1) is 6.92 Å². The van der Waals surface area contributed by atoms with Gasteiger partial charge in [-0.2, -0.15) is 0 Å². The number of fused-ring (bicyclic) bond motifs is 1. The topological polar surface area (TPSA) is 88.4 Å². The van der Waals surface area contributed by atoms with Gasteiger partial charge in [0.15, 0.2) is 0 Å². The molecule has 1 aromatic heterocycles. The van der Waals surface area contributed by atoms with Gasteiger partial charge in [-0.15, -0.1) is 5.10 Å². The van der Waals surface area contributed by atoms with Crippen LogP contribution in [0.25, 0.3) is 0 Å². The Labute approximate surface area is 213 Å². The van der Waals surface area contributed by atoms with Crippen LogP contribution in [-0.4, -0.2) is 34.0 Å². The number of anilines is 1. The molecule has 7 heteroatoms. The van der Waals surface area contributed by atoms with E-state index in [0.717, 1.165) is 30.4 Å². The molecule has 0 aliphatic carbocycles. The minimum absolute atomic E-state index is 0.0156. The Kier molecular flexibility index (Phi) is 7.41. The van der Waals surface area contributed by atoms with Gasteiger partial charge in [-0.3, -0.25) is 4.79 Å². The van der Waals surface area contributed by atoms with Crippen LogP contribution in [0.4, 0.5) is 5.82 Å². The molecule has 1 atom stereocenters. The predicted octanol–water partition coefficient (Wildman–Crippen LogP) is 5.30. The van der Waals surface area contributed by atoms with Gasteiger partial charge in [-0.05, 0) is 51.2 Å². The lowest BCUT2D eigenvalue weighted by Gasteiger charge is -2.38. The highest BCUT2D eigenvalue weighted by Crippen LogP contribution is 2.43. The molecule has 1 unspecified atom stereocenters. The normalized spacial score (nSPS) is 16.7. The fourth-order valence-corrected chi connectivity index (χ4v) is 5.17. The molecule has 0 bridgehead atoms. The summed E-state index contributed by atoms with van der Waals surface area (Å²) >= 11 is 0. The number of carbonyl (C=O) groups is 1. The maximum atomic E-state index is 14.0. The van der Waals surface area contributed by atoms with E-state index in [0.29, 0.717) is 11.4 Å². The second-order valence-corrected chi connectivity index (χ2v) is 10.2. The first-order valence-corrected chi connectivity index (χ1v) is 12.8. The largest absolute Gasteiger partial charge is 0.474 e. The van der Waals surface area contributed by atoms with Gasteiger partial charge in [0.25, 0.3) is 5.91 Å². The van der Waals surface area contributed by atoms with Crippen LogP contribution < -0.4 is 15.4 Å². The number of aryl methyl sites for hydroxylation is 1. The second-order valence-electron chi connectivity index (χ2n) is 10.2. The maximum Gasteiger partial charge on any atom is 0.261 e. The van der Waals surface area contributed by atoms with Crippen molar-refractivity contribution in [1.82, 2.24) is 15.1 Å². The number of benzene rings is 2. The Balaban J connectivity index is 1.77. The highest BCUT2D eigenvalue weighted by atomic mass is 16.5. The molecule has 7 nitrogen and oxygen atoms in total. The zero-order valence-corrected chi connectivity index (χ0v) is 22.0. The fraction of sp³-hybridized carbons (Fsp3) is 0.448. The standard InChI is InChI=1S/C29H38N4O3/c1-6-29(7-2,22-15-13-20(3)14-16-22)31-26(35)24-25-30-23(21-11-9-8-10-12-21)19-28(4,5)33(25)32-27(24)36-18-17-34/h8-16,23,30,34H,6-7,17-19H2,1-5H3,(H,31,35). The molecule has 1 amide bonds.